The fourth-order valence-electron chi connectivity index (χ4n) is 3.37. The summed E-state index contributed by atoms with van der Waals surface area (Å²) in [6, 6.07) is 1.45. The molecule has 7 nitrogen and oxygen atoms in total. The monoisotopic (exact) mass is 332 g/mol. The number of amides is 1. The van der Waals surface area contributed by atoms with Crippen LogP contribution in [-0.2, 0) is 0 Å². The summed E-state index contributed by atoms with van der Waals surface area (Å²) in [5, 5.41) is 9.96. The molecule has 2 N–H and O–H groups in total. The van der Waals surface area contributed by atoms with Gasteiger partial charge in [-0.1, -0.05) is 0 Å². The van der Waals surface area contributed by atoms with Crippen molar-refractivity contribution in [3.05, 3.63) is 24.0 Å². The van der Waals surface area contributed by atoms with Gasteiger partial charge in [0, 0.05) is 25.8 Å². The minimum atomic E-state index is -1.07. The first-order valence-electron chi connectivity index (χ1n) is 8.47. The number of alkyl halides is 1. The molecule has 1 amide bonds. The zero-order chi connectivity index (χ0) is 16.5. The van der Waals surface area contributed by atoms with Crippen molar-refractivity contribution in [1.82, 2.24) is 25.2 Å². The van der Waals surface area contributed by atoms with Crippen LogP contribution >= 0.6 is 0 Å². The van der Waals surface area contributed by atoms with Crippen LogP contribution in [0.15, 0.2) is 18.5 Å². The van der Waals surface area contributed by atoms with E-state index in [-0.39, 0.29) is 12.5 Å². The molecule has 0 saturated carbocycles. The third kappa shape index (κ3) is 2.82. The molecule has 2 fully saturated rings. The number of fused-ring (bicyclic) bond motifs is 1. The van der Waals surface area contributed by atoms with E-state index in [2.05, 4.69) is 25.6 Å². The molecule has 2 atom stereocenters. The van der Waals surface area contributed by atoms with Gasteiger partial charge in [0.05, 0.1) is 12.2 Å². The van der Waals surface area contributed by atoms with E-state index in [1.54, 1.807) is 4.52 Å². The van der Waals surface area contributed by atoms with Crippen molar-refractivity contribution in [1.29, 1.82) is 0 Å². The molecule has 2 aromatic rings. The van der Waals surface area contributed by atoms with Crippen molar-refractivity contribution in [2.75, 3.05) is 31.1 Å². The first-order valence-corrected chi connectivity index (χ1v) is 8.47. The summed E-state index contributed by atoms with van der Waals surface area (Å²) in [4.78, 5) is 19.4. The van der Waals surface area contributed by atoms with Gasteiger partial charge in [-0.15, -0.1) is 0 Å². The fourth-order valence-corrected chi connectivity index (χ4v) is 3.37. The number of nitrogens with zero attached hydrogens (tertiary/aromatic N) is 4. The number of hydrogen-bond donors (Lipinski definition) is 2. The summed E-state index contributed by atoms with van der Waals surface area (Å²) in [6.07, 6.45) is 5.14. The molecule has 0 bridgehead atoms. The highest BCUT2D eigenvalue weighted by Crippen LogP contribution is 2.20. The van der Waals surface area contributed by atoms with Gasteiger partial charge in [-0.25, -0.2) is 13.9 Å². The van der Waals surface area contributed by atoms with Crippen molar-refractivity contribution in [3.63, 3.8) is 0 Å². The number of hydrogen-bond acceptors (Lipinski definition) is 5. The molecule has 2 aliphatic rings. The number of anilines is 1. The Morgan fingerprint density at radius 2 is 2.21 bits per heavy atom. The Bertz CT molecular complexity index is 741. The molecule has 2 aromatic heterocycles. The summed E-state index contributed by atoms with van der Waals surface area (Å²) >= 11 is 0. The van der Waals surface area contributed by atoms with E-state index in [1.165, 1.54) is 6.20 Å². The molecule has 4 heterocycles. The minimum Gasteiger partial charge on any atom is -0.357 e. The number of carbonyl (C=O) groups excluding carboxylic acids is 1. The van der Waals surface area contributed by atoms with Crippen LogP contribution in [0.4, 0.5) is 10.2 Å². The number of carbonyl (C=O) groups is 1. The summed E-state index contributed by atoms with van der Waals surface area (Å²) < 4.78 is 15.5. The second kappa shape index (κ2) is 6.35. The average Bonchev–Trinajstić information content (AvgIpc) is 3.25. The second-order valence-electron chi connectivity index (χ2n) is 6.40. The Kier molecular flexibility index (Phi) is 4.05. The van der Waals surface area contributed by atoms with Crippen LogP contribution in [0.3, 0.4) is 0 Å². The highest BCUT2D eigenvalue weighted by molar-refractivity contribution is 6.00. The van der Waals surface area contributed by atoms with Crippen molar-refractivity contribution in [3.8, 4) is 0 Å². The quantitative estimate of drug-likeness (QED) is 0.868. The van der Waals surface area contributed by atoms with Gasteiger partial charge in [0.25, 0.3) is 5.91 Å². The van der Waals surface area contributed by atoms with Crippen LogP contribution in [-0.4, -0.2) is 58.9 Å². The molecule has 4 rings (SSSR count). The fraction of sp³-hybridized carbons (Fsp3) is 0.562. The lowest BCUT2D eigenvalue weighted by molar-refractivity contribution is 0.0893. The number of piperidine rings is 1. The molecule has 0 aromatic carbocycles. The van der Waals surface area contributed by atoms with Crippen LogP contribution < -0.4 is 15.5 Å². The lowest BCUT2D eigenvalue weighted by atomic mass is 10.0. The zero-order valence-corrected chi connectivity index (χ0v) is 13.4. The van der Waals surface area contributed by atoms with E-state index in [9.17, 15) is 9.18 Å². The maximum atomic E-state index is 13.9. The Hall–Kier alpha value is -2.22. The molecule has 0 aliphatic carbocycles. The normalized spacial score (nSPS) is 24.5. The van der Waals surface area contributed by atoms with Gasteiger partial charge in [0.15, 0.2) is 5.65 Å². The molecule has 0 spiro atoms. The zero-order valence-electron chi connectivity index (χ0n) is 13.4. The smallest absolute Gasteiger partial charge is 0.257 e. The SMILES string of the molecule is O=C(NC1CCNCC1F)c1cnn2ccc(N3CCCC3)nc12. The topological polar surface area (TPSA) is 74.6 Å². The molecular formula is C16H21FN6O. The molecule has 2 unspecified atom stereocenters. The van der Waals surface area contributed by atoms with Crippen LogP contribution in [0, 0.1) is 0 Å². The van der Waals surface area contributed by atoms with Gasteiger partial charge in [-0.3, -0.25) is 4.79 Å². The molecule has 0 radical (unpaired) electrons. The highest BCUT2D eigenvalue weighted by atomic mass is 19.1. The third-order valence-electron chi connectivity index (χ3n) is 4.75. The second-order valence-corrected chi connectivity index (χ2v) is 6.40. The van der Waals surface area contributed by atoms with Gasteiger partial charge in [0.2, 0.25) is 0 Å². The number of rotatable bonds is 3. The predicted molar refractivity (Wildman–Crippen MR) is 88.1 cm³/mol. The molecule has 24 heavy (non-hydrogen) atoms. The van der Waals surface area contributed by atoms with E-state index in [0.29, 0.717) is 24.2 Å². The van der Waals surface area contributed by atoms with E-state index >= 15 is 0 Å². The Balaban J connectivity index is 1.58. The van der Waals surface area contributed by atoms with Crippen molar-refractivity contribution >= 4 is 17.4 Å². The number of halogens is 1. The standard InChI is InChI=1S/C16H21FN6O/c17-12-10-18-5-3-13(12)20-16(24)11-9-19-23-8-4-14(21-15(11)23)22-6-1-2-7-22/h4,8-9,12-13,18H,1-3,5-7,10H2,(H,20,24). The van der Waals surface area contributed by atoms with Crippen LogP contribution in [0.25, 0.3) is 5.65 Å². The number of aromatic nitrogens is 3. The molecule has 8 heteroatoms. The minimum absolute atomic E-state index is 0.275. The van der Waals surface area contributed by atoms with E-state index in [0.717, 1.165) is 31.7 Å². The molecule has 128 valence electrons. The lowest BCUT2D eigenvalue weighted by Crippen LogP contribution is -2.50. The van der Waals surface area contributed by atoms with Gasteiger partial charge in [-0.2, -0.15) is 5.10 Å². The Morgan fingerprint density at radius 3 is 3.00 bits per heavy atom. The van der Waals surface area contributed by atoms with Gasteiger partial charge in [0.1, 0.15) is 17.6 Å². The maximum absolute atomic E-state index is 13.9. The average molecular weight is 332 g/mol. The predicted octanol–water partition coefficient (Wildman–Crippen LogP) is 0.759. The summed E-state index contributed by atoms with van der Waals surface area (Å²) in [5.74, 6) is 0.547. The maximum Gasteiger partial charge on any atom is 0.257 e. The first-order chi connectivity index (χ1) is 11.7. The molecule has 2 saturated heterocycles. The summed E-state index contributed by atoms with van der Waals surface area (Å²) in [5.41, 5.74) is 0.906. The van der Waals surface area contributed by atoms with Gasteiger partial charge < -0.3 is 15.5 Å². The highest BCUT2D eigenvalue weighted by Gasteiger charge is 2.27. The van der Waals surface area contributed by atoms with Gasteiger partial charge in [-0.05, 0) is 31.9 Å². The van der Waals surface area contributed by atoms with Crippen molar-refractivity contribution in [2.45, 2.75) is 31.5 Å². The lowest BCUT2D eigenvalue weighted by Gasteiger charge is -2.27. The third-order valence-corrected chi connectivity index (χ3v) is 4.75. The van der Waals surface area contributed by atoms with Crippen LogP contribution in [0.5, 0.6) is 0 Å². The van der Waals surface area contributed by atoms with E-state index < -0.39 is 12.2 Å². The summed E-state index contributed by atoms with van der Waals surface area (Å²) in [7, 11) is 0. The largest absolute Gasteiger partial charge is 0.357 e. The van der Waals surface area contributed by atoms with Crippen LogP contribution in [0.2, 0.25) is 0 Å². The van der Waals surface area contributed by atoms with Crippen molar-refractivity contribution < 1.29 is 9.18 Å². The molecule has 2 aliphatic heterocycles. The summed E-state index contributed by atoms with van der Waals surface area (Å²) in [6.45, 7) is 2.95. The van der Waals surface area contributed by atoms with E-state index in [1.807, 2.05) is 12.3 Å². The Morgan fingerprint density at radius 1 is 1.38 bits per heavy atom. The molecular weight excluding hydrogens is 311 g/mol. The van der Waals surface area contributed by atoms with Crippen LogP contribution in [0.1, 0.15) is 29.6 Å². The number of nitrogens with one attached hydrogen (secondary N) is 2. The van der Waals surface area contributed by atoms with Gasteiger partial charge >= 0.3 is 0 Å². The Labute approximate surface area is 139 Å². The van der Waals surface area contributed by atoms with E-state index in [4.69, 9.17) is 0 Å². The first kappa shape index (κ1) is 15.3. The van der Waals surface area contributed by atoms with Crippen molar-refractivity contribution in [2.24, 2.45) is 0 Å².